The number of ether oxygens (including phenoxy) is 1. The van der Waals surface area contributed by atoms with Crippen LogP contribution < -0.4 is 5.32 Å². The van der Waals surface area contributed by atoms with Gasteiger partial charge in [-0.2, -0.15) is 0 Å². The van der Waals surface area contributed by atoms with Crippen LogP contribution in [0.4, 0.5) is 0 Å². The van der Waals surface area contributed by atoms with E-state index in [0.29, 0.717) is 18.5 Å². The summed E-state index contributed by atoms with van der Waals surface area (Å²) in [6.45, 7) is 6.21. The Balaban J connectivity index is 1.75. The molecule has 0 bridgehead atoms. The molecule has 0 saturated carbocycles. The maximum absolute atomic E-state index is 12.3. The van der Waals surface area contributed by atoms with Crippen LogP contribution in [0.5, 0.6) is 0 Å². The first-order valence-corrected chi connectivity index (χ1v) is 8.02. The van der Waals surface area contributed by atoms with Gasteiger partial charge >= 0.3 is 0 Å². The summed E-state index contributed by atoms with van der Waals surface area (Å²) in [4.78, 5) is 16.7. The van der Waals surface area contributed by atoms with Crippen molar-refractivity contribution in [3.8, 4) is 0 Å². The quantitative estimate of drug-likeness (QED) is 0.699. The smallest absolute Gasteiger partial charge is 0.236 e. The minimum atomic E-state index is 0.325. The first-order chi connectivity index (χ1) is 9.81. The average molecular weight is 283 g/mol. The highest BCUT2D eigenvalue weighted by Crippen LogP contribution is 2.17. The third-order valence-corrected chi connectivity index (χ3v) is 4.41. The molecule has 2 aliphatic rings. The van der Waals surface area contributed by atoms with E-state index in [-0.39, 0.29) is 0 Å². The molecule has 0 aliphatic carbocycles. The van der Waals surface area contributed by atoms with E-state index in [1.807, 2.05) is 4.90 Å². The van der Waals surface area contributed by atoms with Crippen LogP contribution in [-0.2, 0) is 9.53 Å². The van der Waals surface area contributed by atoms with E-state index in [1.165, 1.54) is 32.1 Å². The molecule has 2 aliphatic heterocycles. The number of rotatable bonds is 7. The summed E-state index contributed by atoms with van der Waals surface area (Å²) in [6.07, 6.45) is 6.06. The summed E-state index contributed by atoms with van der Waals surface area (Å²) in [5, 5.41) is 3.44. The van der Waals surface area contributed by atoms with Crippen molar-refractivity contribution in [3.63, 3.8) is 0 Å². The summed E-state index contributed by atoms with van der Waals surface area (Å²) in [7, 11) is 1.73. The van der Waals surface area contributed by atoms with Crippen molar-refractivity contribution < 1.29 is 9.53 Å². The van der Waals surface area contributed by atoms with Gasteiger partial charge in [0.1, 0.15) is 0 Å². The highest BCUT2D eigenvalue weighted by atomic mass is 16.5. The van der Waals surface area contributed by atoms with Gasteiger partial charge in [0.15, 0.2) is 0 Å². The number of piperidine rings is 1. The van der Waals surface area contributed by atoms with Crippen LogP contribution in [0.15, 0.2) is 0 Å². The van der Waals surface area contributed by atoms with Crippen LogP contribution in [0, 0.1) is 0 Å². The van der Waals surface area contributed by atoms with E-state index >= 15 is 0 Å². The van der Waals surface area contributed by atoms with Crippen molar-refractivity contribution >= 4 is 5.91 Å². The van der Waals surface area contributed by atoms with Gasteiger partial charge in [-0.1, -0.05) is 6.42 Å². The molecule has 0 spiro atoms. The summed E-state index contributed by atoms with van der Waals surface area (Å²) >= 11 is 0. The number of carbonyl (C=O) groups excluding carboxylic acids is 1. The lowest BCUT2D eigenvalue weighted by molar-refractivity contribution is -0.132. The molecular formula is C15H29N3O2. The van der Waals surface area contributed by atoms with Gasteiger partial charge in [-0.05, 0) is 32.2 Å². The highest BCUT2D eigenvalue weighted by Gasteiger charge is 2.26. The third kappa shape index (κ3) is 4.72. The van der Waals surface area contributed by atoms with Gasteiger partial charge < -0.3 is 15.0 Å². The SMILES string of the molecule is COCCNCC1CCCCN1CC(=O)N1CCCC1. The van der Waals surface area contributed by atoms with Crippen LogP contribution in [0.25, 0.3) is 0 Å². The largest absolute Gasteiger partial charge is 0.383 e. The van der Waals surface area contributed by atoms with Crippen LogP contribution in [-0.4, -0.2) is 74.7 Å². The first kappa shape index (κ1) is 15.7. The number of nitrogens with zero attached hydrogens (tertiary/aromatic N) is 2. The van der Waals surface area contributed by atoms with Gasteiger partial charge in [-0.3, -0.25) is 9.69 Å². The molecule has 1 atom stereocenters. The lowest BCUT2D eigenvalue weighted by atomic mass is 10.0. The van der Waals surface area contributed by atoms with Gasteiger partial charge in [0.2, 0.25) is 5.91 Å². The zero-order valence-electron chi connectivity index (χ0n) is 12.8. The summed E-state index contributed by atoms with van der Waals surface area (Å²) in [5.41, 5.74) is 0. The Hall–Kier alpha value is -0.650. The topological polar surface area (TPSA) is 44.8 Å². The van der Waals surface area contributed by atoms with Crippen molar-refractivity contribution in [3.05, 3.63) is 0 Å². The molecule has 0 aromatic carbocycles. The second-order valence-electron chi connectivity index (χ2n) is 5.90. The maximum atomic E-state index is 12.3. The molecule has 1 unspecified atom stereocenters. The van der Waals surface area contributed by atoms with Gasteiger partial charge in [0, 0.05) is 39.3 Å². The molecule has 0 aromatic rings. The fourth-order valence-corrected chi connectivity index (χ4v) is 3.18. The van der Waals surface area contributed by atoms with Crippen molar-refractivity contribution in [2.24, 2.45) is 0 Å². The Morgan fingerprint density at radius 1 is 1.20 bits per heavy atom. The second-order valence-corrected chi connectivity index (χ2v) is 5.90. The molecule has 20 heavy (non-hydrogen) atoms. The van der Waals surface area contributed by atoms with Gasteiger partial charge in [-0.15, -0.1) is 0 Å². The Morgan fingerprint density at radius 3 is 2.70 bits per heavy atom. The monoisotopic (exact) mass is 283 g/mol. The normalized spacial score (nSPS) is 24.2. The standard InChI is InChI=1S/C15H29N3O2/c1-20-11-7-16-12-14-6-2-3-10-18(14)13-15(19)17-8-4-5-9-17/h14,16H,2-13H2,1H3. The molecule has 2 rings (SSSR count). The summed E-state index contributed by atoms with van der Waals surface area (Å²) in [6, 6.07) is 0.507. The molecule has 5 heteroatoms. The molecular weight excluding hydrogens is 254 g/mol. The third-order valence-electron chi connectivity index (χ3n) is 4.41. The number of nitrogens with one attached hydrogen (secondary N) is 1. The molecule has 2 saturated heterocycles. The Morgan fingerprint density at radius 2 is 1.95 bits per heavy atom. The molecule has 0 radical (unpaired) electrons. The Kier molecular flexibility index (Phi) is 6.76. The van der Waals surface area contributed by atoms with Crippen molar-refractivity contribution in [1.82, 2.24) is 15.1 Å². The van der Waals surface area contributed by atoms with Crippen LogP contribution >= 0.6 is 0 Å². The van der Waals surface area contributed by atoms with E-state index in [2.05, 4.69) is 10.2 Å². The zero-order valence-corrected chi connectivity index (χ0v) is 12.8. The number of carbonyl (C=O) groups is 1. The fourth-order valence-electron chi connectivity index (χ4n) is 3.18. The number of hydrogen-bond acceptors (Lipinski definition) is 4. The van der Waals surface area contributed by atoms with E-state index in [4.69, 9.17) is 4.74 Å². The van der Waals surface area contributed by atoms with Gasteiger partial charge in [0.05, 0.1) is 13.2 Å². The van der Waals surface area contributed by atoms with Crippen molar-refractivity contribution in [2.45, 2.75) is 38.1 Å². The molecule has 2 heterocycles. The van der Waals surface area contributed by atoms with Crippen LogP contribution in [0.2, 0.25) is 0 Å². The van der Waals surface area contributed by atoms with Crippen LogP contribution in [0.1, 0.15) is 32.1 Å². The lowest BCUT2D eigenvalue weighted by Gasteiger charge is -2.36. The van der Waals surface area contributed by atoms with Crippen LogP contribution in [0.3, 0.4) is 0 Å². The second kappa shape index (κ2) is 8.60. The van der Waals surface area contributed by atoms with E-state index in [1.54, 1.807) is 7.11 Å². The fraction of sp³-hybridized carbons (Fsp3) is 0.933. The summed E-state index contributed by atoms with van der Waals surface area (Å²) in [5.74, 6) is 0.325. The predicted molar refractivity (Wildman–Crippen MR) is 79.8 cm³/mol. The van der Waals surface area contributed by atoms with E-state index in [9.17, 15) is 4.79 Å². The van der Waals surface area contributed by atoms with Crippen molar-refractivity contribution in [1.29, 1.82) is 0 Å². The Labute approximate surface area is 122 Å². The number of amides is 1. The van der Waals surface area contributed by atoms with Gasteiger partial charge in [-0.25, -0.2) is 0 Å². The molecule has 1 amide bonds. The molecule has 0 aromatic heterocycles. The Bertz CT molecular complexity index is 293. The van der Waals surface area contributed by atoms with Gasteiger partial charge in [0.25, 0.3) is 0 Å². The molecule has 2 fully saturated rings. The number of methoxy groups -OCH3 is 1. The minimum absolute atomic E-state index is 0.325. The molecule has 116 valence electrons. The number of hydrogen-bond donors (Lipinski definition) is 1. The van der Waals surface area contributed by atoms with Crippen molar-refractivity contribution in [2.75, 3.05) is 53.0 Å². The zero-order chi connectivity index (χ0) is 14.2. The van der Waals surface area contributed by atoms with E-state index in [0.717, 1.165) is 39.3 Å². The molecule has 5 nitrogen and oxygen atoms in total. The predicted octanol–water partition coefficient (Wildman–Crippen LogP) is 0.699. The van der Waals surface area contributed by atoms with E-state index < -0.39 is 0 Å². The summed E-state index contributed by atoms with van der Waals surface area (Å²) < 4.78 is 5.05. The highest BCUT2D eigenvalue weighted by molar-refractivity contribution is 5.78. The minimum Gasteiger partial charge on any atom is -0.383 e. The number of likely N-dealkylation sites (tertiary alicyclic amines) is 2. The maximum Gasteiger partial charge on any atom is 0.236 e. The average Bonchev–Trinajstić information content (AvgIpc) is 2.99. The first-order valence-electron chi connectivity index (χ1n) is 8.02. The molecule has 1 N–H and O–H groups in total. The lowest BCUT2D eigenvalue weighted by Crippen LogP contribution is -2.50.